The Kier molecular flexibility index (Phi) is 3.89. The van der Waals surface area contributed by atoms with Crippen LogP contribution in [0.25, 0.3) is 5.69 Å². The SMILES string of the molecule is Cc1c(C(F)(F)F)ncn(-c2cc([N+](=O)[O-])c(F)cc2F)c1=O. The zero-order valence-electron chi connectivity index (χ0n) is 11.2. The molecule has 1 aromatic heterocycles. The van der Waals surface area contributed by atoms with Crippen LogP contribution in [-0.4, -0.2) is 14.5 Å². The van der Waals surface area contributed by atoms with Gasteiger partial charge in [-0.05, 0) is 6.92 Å². The summed E-state index contributed by atoms with van der Waals surface area (Å²) in [5.41, 5.74) is -5.49. The van der Waals surface area contributed by atoms with E-state index in [9.17, 15) is 36.9 Å². The molecule has 0 aliphatic rings. The van der Waals surface area contributed by atoms with Crippen LogP contribution in [-0.2, 0) is 6.18 Å². The van der Waals surface area contributed by atoms with Gasteiger partial charge in [-0.2, -0.15) is 17.6 Å². The second-order valence-electron chi connectivity index (χ2n) is 4.40. The summed E-state index contributed by atoms with van der Waals surface area (Å²) in [6.07, 6.45) is -4.52. The van der Waals surface area contributed by atoms with E-state index in [4.69, 9.17) is 0 Å². The van der Waals surface area contributed by atoms with Gasteiger partial charge in [0.25, 0.3) is 5.56 Å². The Morgan fingerprint density at radius 2 is 1.83 bits per heavy atom. The fourth-order valence-corrected chi connectivity index (χ4v) is 1.86. The van der Waals surface area contributed by atoms with Gasteiger partial charge >= 0.3 is 11.9 Å². The van der Waals surface area contributed by atoms with Crippen molar-refractivity contribution < 1.29 is 26.9 Å². The van der Waals surface area contributed by atoms with Crippen LogP contribution in [0.2, 0.25) is 0 Å². The first-order valence-electron chi connectivity index (χ1n) is 5.83. The number of nitro groups is 1. The number of rotatable bonds is 2. The van der Waals surface area contributed by atoms with Crippen LogP contribution in [0.3, 0.4) is 0 Å². The molecule has 0 unspecified atom stereocenters. The molecule has 122 valence electrons. The molecule has 2 rings (SSSR count). The second kappa shape index (κ2) is 5.41. The van der Waals surface area contributed by atoms with Gasteiger partial charge in [0.1, 0.15) is 6.33 Å². The van der Waals surface area contributed by atoms with Gasteiger partial charge in [0, 0.05) is 17.7 Å². The predicted octanol–water partition coefficient (Wildman–Crippen LogP) is 2.75. The molecule has 0 saturated carbocycles. The predicted molar refractivity (Wildman–Crippen MR) is 66.1 cm³/mol. The molecule has 0 spiro atoms. The normalized spacial score (nSPS) is 11.6. The summed E-state index contributed by atoms with van der Waals surface area (Å²) in [6, 6.07) is 0.563. The highest BCUT2D eigenvalue weighted by Gasteiger charge is 2.36. The minimum absolute atomic E-state index is 0.160. The number of aromatic nitrogens is 2. The first-order valence-corrected chi connectivity index (χ1v) is 5.83. The Labute approximate surface area is 124 Å². The lowest BCUT2D eigenvalue weighted by Crippen LogP contribution is -2.27. The van der Waals surface area contributed by atoms with E-state index in [2.05, 4.69) is 4.98 Å². The van der Waals surface area contributed by atoms with Gasteiger partial charge in [-0.25, -0.2) is 9.37 Å². The van der Waals surface area contributed by atoms with E-state index in [0.717, 1.165) is 6.92 Å². The number of hydrogen-bond donors (Lipinski definition) is 0. The first-order chi connectivity index (χ1) is 10.5. The molecule has 0 fully saturated rings. The summed E-state index contributed by atoms with van der Waals surface area (Å²) in [7, 11) is 0. The van der Waals surface area contributed by atoms with Gasteiger partial charge in [0.15, 0.2) is 11.5 Å². The fourth-order valence-electron chi connectivity index (χ4n) is 1.86. The summed E-state index contributed by atoms with van der Waals surface area (Å²) in [4.78, 5) is 24.5. The Morgan fingerprint density at radius 1 is 1.22 bits per heavy atom. The van der Waals surface area contributed by atoms with Crippen molar-refractivity contribution in [2.75, 3.05) is 0 Å². The number of halogens is 5. The van der Waals surface area contributed by atoms with Crippen molar-refractivity contribution in [3.8, 4) is 5.69 Å². The van der Waals surface area contributed by atoms with Gasteiger partial charge in [0.2, 0.25) is 5.82 Å². The molecule has 0 amide bonds. The van der Waals surface area contributed by atoms with Crippen LogP contribution in [0.5, 0.6) is 0 Å². The van der Waals surface area contributed by atoms with Crippen LogP contribution in [0.1, 0.15) is 11.3 Å². The van der Waals surface area contributed by atoms with Crippen molar-refractivity contribution in [3.63, 3.8) is 0 Å². The molecule has 6 nitrogen and oxygen atoms in total. The highest BCUT2D eigenvalue weighted by atomic mass is 19.4. The molecule has 23 heavy (non-hydrogen) atoms. The van der Waals surface area contributed by atoms with Crippen molar-refractivity contribution in [2.24, 2.45) is 0 Å². The molecule has 11 heteroatoms. The third kappa shape index (κ3) is 2.89. The Morgan fingerprint density at radius 3 is 2.35 bits per heavy atom. The van der Waals surface area contributed by atoms with E-state index < -0.39 is 50.9 Å². The Hall–Kier alpha value is -2.85. The Bertz CT molecular complexity index is 860. The number of alkyl halides is 3. The van der Waals surface area contributed by atoms with E-state index in [0.29, 0.717) is 17.0 Å². The lowest BCUT2D eigenvalue weighted by Gasteiger charge is -2.12. The second-order valence-corrected chi connectivity index (χ2v) is 4.40. The van der Waals surface area contributed by atoms with E-state index in [1.54, 1.807) is 0 Å². The van der Waals surface area contributed by atoms with E-state index in [1.807, 2.05) is 0 Å². The third-order valence-corrected chi connectivity index (χ3v) is 2.94. The van der Waals surface area contributed by atoms with Crippen LogP contribution in [0.4, 0.5) is 27.6 Å². The highest BCUT2D eigenvalue weighted by Crippen LogP contribution is 2.29. The molecule has 0 saturated heterocycles. The molecule has 1 aromatic carbocycles. The average Bonchev–Trinajstić information content (AvgIpc) is 2.40. The van der Waals surface area contributed by atoms with E-state index in [1.165, 1.54) is 0 Å². The summed E-state index contributed by atoms with van der Waals surface area (Å²) >= 11 is 0. The topological polar surface area (TPSA) is 78.0 Å². The summed E-state index contributed by atoms with van der Waals surface area (Å²) < 4.78 is 65.3. The van der Waals surface area contributed by atoms with Crippen molar-refractivity contribution in [2.45, 2.75) is 13.1 Å². The monoisotopic (exact) mass is 335 g/mol. The summed E-state index contributed by atoms with van der Waals surface area (Å²) in [5, 5.41) is 10.6. The minimum Gasteiger partial charge on any atom is -0.269 e. The number of nitrogens with zero attached hydrogens (tertiary/aromatic N) is 3. The summed E-state index contributed by atoms with van der Waals surface area (Å²) in [5.74, 6) is -2.85. The maximum absolute atomic E-state index is 13.8. The Balaban J connectivity index is 2.74. The number of hydrogen-bond acceptors (Lipinski definition) is 4. The molecule has 2 aromatic rings. The maximum atomic E-state index is 13.8. The smallest absolute Gasteiger partial charge is 0.269 e. The minimum atomic E-state index is -4.89. The van der Waals surface area contributed by atoms with Crippen LogP contribution >= 0.6 is 0 Å². The van der Waals surface area contributed by atoms with Crippen LogP contribution < -0.4 is 5.56 Å². The molecule has 1 heterocycles. The molecular weight excluding hydrogens is 329 g/mol. The molecule has 0 radical (unpaired) electrons. The van der Waals surface area contributed by atoms with Crippen LogP contribution in [0.15, 0.2) is 23.3 Å². The van der Waals surface area contributed by atoms with Crippen LogP contribution in [0, 0.1) is 28.7 Å². The third-order valence-electron chi connectivity index (χ3n) is 2.94. The van der Waals surface area contributed by atoms with Crippen molar-refractivity contribution in [3.05, 3.63) is 61.8 Å². The standard InChI is InChI=1S/C12H6F5N3O3/c1-5-10(12(15,16)17)18-4-19(11(5)21)8-3-9(20(22)23)7(14)2-6(8)13/h2-4H,1H3. The molecule has 0 aliphatic carbocycles. The van der Waals surface area contributed by atoms with Gasteiger partial charge in [-0.3, -0.25) is 19.5 Å². The lowest BCUT2D eigenvalue weighted by atomic mass is 10.2. The average molecular weight is 335 g/mol. The highest BCUT2D eigenvalue weighted by molar-refractivity contribution is 5.46. The van der Waals surface area contributed by atoms with Gasteiger partial charge in [-0.1, -0.05) is 0 Å². The number of benzene rings is 1. The number of nitro benzene ring substituents is 1. The van der Waals surface area contributed by atoms with Gasteiger partial charge in [0.05, 0.1) is 10.6 Å². The quantitative estimate of drug-likeness (QED) is 0.480. The summed E-state index contributed by atoms with van der Waals surface area (Å²) in [6.45, 7) is 0.824. The lowest BCUT2D eigenvalue weighted by molar-refractivity contribution is -0.387. The molecule has 0 atom stereocenters. The molecule has 0 bridgehead atoms. The molecule has 0 aliphatic heterocycles. The fraction of sp³-hybridized carbons (Fsp3) is 0.167. The van der Waals surface area contributed by atoms with Crippen molar-refractivity contribution >= 4 is 5.69 Å². The van der Waals surface area contributed by atoms with Gasteiger partial charge in [-0.15, -0.1) is 0 Å². The molecule has 0 N–H and O–H groups in total. The van der Waals surface area contributed by atoms with Crippen molar-refractivity contribution in [1.82, 2.24) is 9.55 Å². The first kappa shape index (κ1) is 16.5. The van der Waals surface area contributed by atoms with E-state index >= 15 is 0 Å². The molecular formula is C12H6F5N3O3. The van der Waals surface area contributed by atoms with Gasteiger partial charge < -0.3 is 0 Å². The van der Waals surface area contributed by atoms with E-state index in [-0.39, 0.29) is 6.07 Å². The zero-order valence-corrected chi connectivity index (χ0v) is 11.2. The van der Waals surface area contributed by atoms with Crippen molar-refractivity contribution in [1.29, 1.82) is 0 Å². The zero-order chi connectivity index (χ0) is 17.5. The largest absolute Gasteiger partial charge is 0.433 e. The maximum Gasteiger partial charge on any atom is 0.433 e.